The molecule has 0 N–H and O–H groups in total. The van der Waals surface area contributed by atoms with Crippen LogP contribution in [0.1, 0.15) is 30.5 Å². The molecule has 53 heavy (non-hydrogen) atoms. The molecule has 8 aromatic rings. The Morgan fingerprint density at radius 2 is 0.868 bits per heavy atom. The minimum Gasteiger partial charge on any atom is -0.265 e. The first-order valence-electron chi connectivity index (χ1n) is 17.7. The highest BCUT2D eigenvalue weighted by Crippen LogP contribution is 2.50. The number of pyridine rings is 1. The van der Waals surface area contributed by atoms with Crippen LogP contribution in [0, 0.1) is 11.3 Å². The summed E-state index contributed by atoms with van der Waals surface area (Å²) in [7, 11) is 0. The predicted molar refractivity (Wildman–Crippen MR) is 213 cm³/mol. The predicted octanol–water partition coefficient (Wildman–Crippen LogP) is 11.4. The molecule has 0 atom stereocenters. The van der Waals surface area contributed by atoms with E-state index in [0.29, 0.717) is 23.0 Å². The monoisotopic (exact) mass is 679 g/mol. The van der Waals surface area contributed by atoms with Crippen molar-refractivity contribution in [2.45, 2.75) is 19.3 Å². The van der Waals surface area contributed by atoms with Crippen LogP contribution in [0.5, 0.6) is 0 Å². The summed E-state index contributed by atoms with van der Waals surface area (Å²) in [6.07, 6.45) is 3.64. The molecule has 2 heterocycles. The molecule has 9 rings (SSSR count). The fourth-order valence-corrected chi connectivity index (χ4v) is 7.41. The molecule has 5 nitrogen and oxygen atoms in total. The first kappa shape index (κ1) is 31.9. The van der Waals surface area contributed by atoms with Gasteiger partial charge in [-0.15, -0.1) is 0 Å². The van der Waals surface area contributed by atoms with Crippen molar-refractivity contribution in [3.63, 3.8) is 0 Å². The van der Waals surface area contributed by atoms with Crippen molar-refractivity contribution >= 4 is 0 Å². The average molecular weight is 680 g/mol. The normalized spacial score (nSPS) is 12.5. The zero-order valence-electron chi connectivity index (χ0n) is 29.3. The fraction of sp³-hybridized carbons (Fsp3) is 0.0625. The molecule has 0 fully saturated rings. The Morgan fingerprint density at radius 3 is 1.43 bits per heavy atom. The van der Waals surface area contributed by atoms with Crippen LogP contribution in [-0.4, -0.2) is 19.9 Å². The van der Waals surface area contributed by atoms with E-state index >= 15 is 0 Å². The average Bonchev–Trinajstić information content (AvgIpc) is 3.46. The largest absolute Gasteiger partial charge is 0.265 e. The van der Waals surface area contributed by atoms with E-state index in [-0.39, 0.29) is 5.41 Å². The van der Waals surface area contributed by atoms with Gasteiger partial charge in [0.05, 0.1) is 11.6 Å². The molecule has 0 saturated carbocycles. The molecule has 1 aliphatic rings. The Morgan fingerprint density at radius 1 is 0.415 bits per heavy atom. The van der Waals surface area contributed by atoms with Crippen molar-refractivity contribution in [3.05, 3.63) is 181 Å². The topological polar surface area (TPSA) is 75.3 Å². The minimum atomic E-state index is -0.201. The lowest BCUT2D eigenvalue weighted by Gasteiger charge is -2.22. The molecule has 5 heteroatoms. The molecule has 6 aromatic carbocycles. The van der Waals surface area contributed by atoms with Crippen LogP contribution in [0.4, 0.5) is 0 Å². The number of fused-ring (bicyclic) bond motifs is 3. The minimum absolute atomic E-state index is 0.201. The summed E-state index contributed by atoms with van der Waals surface area (Å²) < 4.78 is 0. The van der Waals surface area contributed by atoms with Gasteiger partial charge in [-0.25, -0.2) is 15.0 Å². The number of nitrogens with zero attached hydrogens (tertiary/aromatic N) is 5. The summed E-state index contributed by atoms with van der Waals surface area (Å²) in [4.78, 5) is 19.2. The second-order valence-electron chi connectivity index (χ2n) is 13.9. The molecular weight excluding hydrogens is 647 g/mol. The summed E-state index contributed by atoms with van der Waals surface area (Å²) in [6, 6.07) is 54.6. The molecule has 0 spiro atoms. The van der Waals surface area contributed by atoms with Crippen molar-refractivity contribution in [3.8, 4) is 84.7 Å². The quantitative estimate of drug-likeness (QED) is 0.175. The maximum atomic E-state index is 9.55. The van der Waals surface area contributed by atoms with Gasteiger partial charge in [-0.05, 0) is 104 Å². The van der Waals surface area contributed by atoms with Gasteiger partial charge in [0.25, 0.3) is 0 Å². The van der Waals surface area contributed by atoms with Gasteiger partial charge in [0.1, 0.15) is 0 Å². The fourth-order valence-electron chi connectivity index (χ4n) is 7.41. The number of hydrogen-bond donors (Lipinski definition) is 0. The molecule has 0 unspecified atom stereocenters. The summed E-state index contributed by atoms with van der Waals surface area (Å²) in [5, 5.41) is 9.55. The zero-order chi connectivity index (χ0) is 35.9. The van der Waals surface area contributed by atoms with Crippen LogP contribution < -0.4 is 0 Å². The maximum absolute atomic E-state index is 9.55. The van der Waals surface area contributed by atoms with Gasteiger partial charge in [-0.2, -0.15) is 5.26 Å². The van der Waals surface area contributed by atoms with Gasteiger partial charge in [0.2, 0.25) is 0 Å². The van der Waals surface area contributed by atoms with Crippen molar-refractivity contribution in [1.29, 1.82) is 5.26 Å². The lowest BCUT2D eigenvalue weighted by molar-refractivity contribution is 0.660. The van der Waals surface area contributed by atoms with Crippen LogP contribution in [0.3, 0.4) is 0 Å². The van der Waals surface area contributed by atoms with E-state index in [1.165, 1.54) is 22.3 Å². The molecule has 0 aliphatic heterocycles. The maximum Gasteiger partial charge on any atom is 0.164 e. The van der Waals surface area contributed by atoms with Crippen LogP contribution in [0.15, 0.2) is 164 Å². The van der Waals surface area contributed by atoms with Gasteiger partial charge in [0.15, 0.2) is 17.5 Å². The first-order chi connectivity index (χ1) is 25.9. The number of rotatable bonds is 6. The van der Waals surface area contributed by atoms with Crippen molar-refractivity contribution in [2.24, 2.45) is 0 Å². The van der Waals surface area contributed by atoms with Crippen molar-refractivity contribution < 1.29 is 0 Å². The van der Waals surface area contributed by atoms with Gasteiger partial charge < -0.3 is 0 Å². The van der Waals surface area contributed by atoms with Crippen LogP contribution in [0.2, 0.25) is 0 Å². The lowest BCUT2D eigenvalue weighted by atomic mass is 9.81. The third-order valence-corrected chi connectivity index (χ3v) is 10.3. The van der Waals surface area contributed by atoms with Crippen molar-refractivity contribution in [1.82, 2.24) is 19.9 Å². The Labute approximate surface area is 309 Å². The molecule has 1 aliphatic carbocycles. The second-order valence-corrected chi connectivity index (χ2v) is 13.9. The molecule has 250 valence electrons. The zero-order valence-corrected chi connectivity index (χ0v) is 29.3. The SMILES string of the molecule is CC1(C)c2cc(C#N)ccc2-c2ccc(-c3ccc(-c4cc(-c5ccncc5)cc(-c5nc(-c6ccccc6)nc(-c6ccccc6)n5)c4)cc3)cc21. The molecule has 0 bridgehead atoms. The molecule has 0 amide bonds. The Bertz CT molecular complexity index is 2620. The van der Waals surface area contributed by atoms with E-state index < -0.39 is 0 Å². The van der Waals surface area contributed by atoms with E-state index in [2.05, 4.69) is 91.6 Å². The summed E-state index contributed by atoms with van der Waals surface area (Å²) >= 11 is 0. The standard InChI is InChI=1S/C48H33N5/c1-48(2)43-25-31(30-49)13-19-41(43)42-20-18-37(29-44(42)48)32-14-16-33(17-15-32)38-26-39(34-21-23-50-24-22-34)28-40(27-38)47-52-45(35-9-5-3-6-10-35)51-46(53-47)36-11-7-4-8-12-36/h3-29H,1-2H3. The third kappa shape index (κ3) is 5.87. The van der Waals surface area contributed by atoms with Gasteiger partial charge in [0, 0.05) is 34.5 Å². The van der Waals surface area contributed by atoms with Crippen LogP contribution in [0.25, 0.3) is 78.7 Å². The molecule has 0 radical (unpaired) electrons. The summed E-state index contributed by atoms with van der Waals surface area (Å²) in [6.45, 7) is 4.49. The van der Waals surface area contributed by atoms with E-state index in [1.54, 1.807) is 0 Å². The van der Waals surface area contributed by atoms with E-state index in [4.69, 9.17) is 15.0 Å². The molecule has 2 aromatic heterocycles. The summed E-state index contributed by atoms with van der Waals surface area (Å²) in [5.74, 6) is 1.86. The first-order valence-corrected chi connectivity index (χ1v) is 17.7. The smallest absolute Gasteiger partial charge is 0.164 e. The number of hydrogen-bond acceptors (Lipinski definition) is 5. The highest BCUT2D eigenvalue weighted by Gasteiger charge is 2.35. The van der Waals surface area contributed by atoms with Gasteiger partial charge >= 0.3 is 0 Å². The second kappa shape index (κ2) is 12.9. The van der Waals surface area contributed by atoms with Crippen LogP contribution >= 0.6 is 0 Å². The lowest BCUT2D eigenvalue weighted by Crippen LogP contribution is -2.15. The Kier molecular flexibility index (Phi) is 7.79. The van der Waals surface area contributed by atoms with E-state index in [0.717, 1.165) is 50.1 Å². The number of aromatic nitrogens is 4. The van der Waals surface area contributed by atoms with Crippen LogP contribution in [-0.2, 0) is 5.41 Å². The van der Waals surface area contributed by atoms with Gasteiger partial charge in [-0.1, -0.05) is 117 Å². The van der Waals surface area contributed by atoms with Gasteiger partial charge in [-0.3, -0.25) is 4.98 Å². The highest BCUT2D eigenvalue weighted by molar-refractivity contribution is 5.85. The number of benzene rings is 6. The highest BCUT2D eigenvalue weighted by atomic mass is 15.0. The van der Waals surface area contributed by atoms with E-state index in [1.807, 2.05) is 97.3 Å². The Hall–Kier alpha value is -7.03. The Balaban J connectivity index is 1.13. The van der Waals surface area contributed by atoms with E-state index in [9.17, 15) is 5.26 Å². The molecule has 0 saturated heterocycles. The molecular formula is C48H33N5. The van der Waals surface area contributed by atoms with Crippen molar-refractivity contribution in [2.75, 3.05) is 0 Å². The third-order valence-electron chi connectivity index (χ3n) is 10.3. The summed E-state index contributed by atoms with van der Waals surface area (Å²) in [5.41, 5.74) is 14.7. The number of nitriles is 1.